The molecule has 1 rings (SSSR count). The number of hydrogen-bond donors (Lipinski definition) is 2. The molecule has 1 aromatic rings. The predicted molar refractivity (Wildman–Crippen MR) is 91.5 cm³/mol. The Morgan fingerprint density at radius 2 is 1.67 bits per heavy atom. The molecule has 0 bridgehead atoms. The SMILES string of the molecule is CC(C)N(CCNc1nnc(C(C)(C)N)o1)C(C)C.Cl.Cl. The fraction of sp³-hybridized carbons (Fsp3) is 0.846. The number of halogens is 2. The molecule has 126 valence electrons. The monoisotopic (exact) mass is 341 g/mol. The topological polar surface area (TPSA) is 80.2 Å². The highest BCUT2D eigenvalue weighted by Crippen LogP contribution is 2.16. The van der Waals surface area contributed by atoms with E-state index < -0.39 is 5.54 Å². The van der Waals surface area contributed by atoms with Crippen LogP contribution in [0.1, 0.15) is 47.4 Å². The third-order valence-electron chi connectivity index (χ3n) is 2.95. The van der Waals surface area contributed by atoms with E-state index in [1.165, 1.54) is 0 Å². The number of anilines is 1. The molecule has 21 heavy (non-hydrogen) atoms. The lowest BCUT2D eigenvalue weighted by Crippen LogP contribution is -2.40. The summed E-state index contributed by atoms with van der Waals surface area (Å²) in [6, 6.07) is 1.46. The molecule has 0 aliphatic carbocycles. The van der Waals surface area contributed by atoms with Crippen molar-refractivity contribution in [3.63, 3.8) is 0 Å². The second-order valence-corrected chi connectivity index (χ2v) is 5.99. The maximum absolute atomic E-state index is 5.89. The van der Waals surface area contributed by atoms with Crippen molar-refractivity contribution in [2.24, 2.45) is 5.73 Å². The third kappa shape index (κ3) is 7.31. The van der Waals surface area contributed by atoms with Crippen molar-refractivity contribution < 1.29 is 4.42 Å². The molecule has 0 aliphatic rings. The van der Waals surface area contributed by atoms with Crippen LogP contribution < -0.4 is 11.1 Å². The summed E-state index contributed by atoms with van der Waals surface area (Å²) < 4.78 is 5.47. The second-order valence-electron chi connectivity index (χ2n) is 5.99. The maximum Gasteiger partial charge on any atom is 0.315 e. The van der Waals surface area contributed by atoms with E-state index in [-0.39, 0.29) is 24.8 Å². The van der Waals surface area contributed by atoms with Crippen molar-refractivity contribution in [2.45, 2.75) is 59.2 Å². The van der Waals surface area contributed by atoms with Gasteiger partial charge in [0.1, 0.15) is 0 Å². The van der Waals surface area contributed by atoms with Crippen molar-refractivity contribution in [1.82, 2.24) is 15.1 Å². The summed E-state index contributed by atoms with van der Waals surface area (Å²) in [5.74, 6) is 0.444. The van der Waals surface area contributed by atoms with Crippen molar-refractivity contribution in [1.29, 1.82) is 0 Å². The van der Waals surface area contributed by atoms with E-state index in [1.807, 2.05) is 13.8 Å². The Kier molecular flexibility index (Phi) is 10.2. The first-order valence-corrected chi connectivity index (χ1v) is 6.84. The third-order valence-corrected chi connectivity index (χ3v) is 2.95. The number of nitrogens with zero attached hydrogens (tertiary/aromatic N) is 3. The molecule has 0 radical (unpaired) electrons. The van der Waals surface area contributed by atoms with Crippen LogP contribution in [0.3, 0.4) is 0 Å². The van der Waals surface area contributed by atoms with Gasteiger partial charge in [0.2, 0.25) is 5.89 Å². The van der Waals surface area contributed by atoms with Gasteiger partial charge in [-0.25, -0.2) is 0 Å². The Balaban J connectivity index is 0. The molecule has 0 saturated carbocycles. The standard InChI is InChI=1S/C13H27N5O.2ClH/c1-9(2)18(10(3)4)8-7-15-12-17-16-11(19-12)13(5,6)14;;/h9-10H,7-8,14H2,1-6H3,(H,15,17);2*1H. The quantitative estimate of drug-likeness (QED) is 0.793. The van der Waals surface area contributed by atoms with E-state index in [0.29, 0.717) is 24.0 Å². The average molecular weight is 342 g/mol. The molecule has 0 aliphatic heterocycles. The van der Waals surface area contributed by atoms with Crippen LogP contribution in [0, 0.1) is 0 Å². The molecule has 1 aromatic heterocycles. The number of aromatic nitrogens is 2. The Bertz CT molecular complexity index is 382. The van der Waals surface area contributed by atoms with E-state index in [4.69, 9.17) is 10.2 Å². The molecule has 0 fully saturated rings. The highest BCUT2D eigenvalue weighted by Gasteiger charge is 2.22. The lowest BCUT2D eigenvalue weighted by atomic mass is 10.1. The summed E-state index contributed by atoms with van der Waals surface area (Å²) in [5.41, 5.74) is 5.29. The summed E-state index contributed by atoms with van der Waals surface area (Å²) in [5, 5.41) is 11.0. The van der Waals surface area contributed by atoms with E-state index in [0.717, 1.165) is 13.1 Å². The molecule has 6 nitrogen and oxygen atoms in total. The van der Waals surface area contributed by atoms with E-state index in [2.05, 4.69) is 48.1 Å². The summed E-state index contributed by atoms with van der Waals surface area (Å²) >= 11 is 0. The van der Waals surface area contributed by atoms with Gasteiger partial charge < -0.3 is 15.5 Å². The van der Waals surface area contributed by atoms with Gasteiger partial charge in [-0.3, -0.25) is 4.90 Å². The zero-order valence-corrected chi connectivity index (χ0v) is 15.3. The summed E-state index contributed by atoms with van der Waals surface area (Å²) in [6.45, 7) is 14.2. The first-order valence-electron chi connectivity index (χ1n) is 6.84. The summed E-state index contributed by atoms with van der Waals surface area (Å²) in [7, 11) is 0. The molecule has 3 N–H and O–H groups in total. The fourth-order valence-electron chi connectivity index (χ4n) is 1.96. The Morgan fingerprint density at radius 1 is 1.14 bits per heavy atom. The average Bonchev–Trinajstić information content (AvgIpc) is 2.71. The van der Waals surface area contributed by atoms with Crippen molar-refractivity contribution in [3.8, 4) is 0 Å². The molecule has 0 unspecified atom stereocenters. The summed E-state index contributed by atoms with van der Waals surface area (Å²) in [6.07, 6.45) is 0. The molecule has 0 amide bonds. The molecule has 1 heterocycles. The van der Waals surface area contributed by atoms with E-state index >= 15 is 0 Å². The number of rotatable bonds is 7. The lowest BCUT2D eigenvalue weighted by Gasteiger charge is -2.30. The minimum atomic E-state index is -0.602. The highest BCUT2D eigenvalue weighted by molar-refractivity contribution is 5.85. The van der Waals surface area contributed by atoms with Crippen molar-refractivity contribution in [2.75, 3.05) is 18.4 Å². The lowest BCUT2D eigenvalue weighted by molar-refractivity contribution is 0.182. The first-order chi connectivity index (χ1) is 8.71. The first kappa shape index (κ1) is 22.7. The smallest absolute Gasteiger partial charge is 0.315 e. The van der Waals surface area contributed by atoms with Crippen LogP contribution >= 0.6 is 24.8 Å². The largest absolute Gasteiger partial charge is 0.406 e. The van der Waals surface area contributed by atoms with Gasteiger partial charge in [-0.2, -0.15) is 0 Å². The predicted octanol–water partition coefficient (Wildman–Crippen LogP) is 2.64. The van der Waals surface area contributed by atoms with E-state index in [1.54, 1.807) is 0 Å². The molecule has 8 heteroatoms. The van der Waals surface area contributed by atoms with Crippen LogP contribution in [0.15, 0.2) is 4.42 Å². The maximum atomic E-state index is 5.89. The van der Waals surface area contributed by atoms with Gasteiger partial charge >= 0.3 is 6.01 Å². The number of nitrogens with one attached hydrogen (secondary N) is 1. The normalized spacial score (nSPS) is 11.5. The number of nitrogens with two attached hydrogens (primary N) is 1. The molecule has 0 atom stereocenters. The Morgan fingerprint density at radius 3 is 2.05 bits per heavy atom. The Hall–Kier alpha value is -0.560. The van der Waals surface area contributed by atoms with E-state index in [9.17, 15) is 0 Å². The fourth-order valence-corrected chi connectivity index (χ4v) is 1.96. The van der Waals surface area contributed by atoms with Crippen LogP contribution in [0.2, 0.25) is 0 Å². The van der Waals surface area contributed by atoms with Crippen molar-refractivity contribution >= 4 is 30.8 Å². The highest BCUT2D eigenvalue weighted by atomic mass is 35.5. The van der Waals surface area contributed by atoms with Gasteiger partial charge in [0.05, 0.1) is 5.54 Å². The molecular formula is C13H29Cl2N5O. The van der Waals surface area contributed by atoms with Gasteiger partial charge in [0.15, 0.2) is 0 Å². The van der Waals surface area contributed by atoms with Crippen molar-refractivity contribution in [3.05, 3.63) is 5.89 Å². The zero-order chi connectivity index (χ0) is 14.6. The zero-order valence-electron chi connectivity index (χ0n) is 13.7. The van der Waals surface area contributed by atoms with Gasteiger partial charge in [-0.1, -0.05) is 5.10 Å². The van der Waals surface area contributed by atoms with Crippen LogP contribution in [-0.4, -0.2) is 40.3 Å². The van der Waals surface area contributed by atoms with Crippen LogP contribution in [0.4, 0.5) is 6.01 Å². The number of hydrogen-bond acceptors (Lipinski definition) is 6. The molecule has 0 aromatic carbocycles. The van der Waals surface area contributed by atoms with Crippen LogP contribution in [0.5, 0.6) is 0 Å². The Labute approximate surface area is 140 Å². The van der Waals surface area contributed by atoms with Gasteiger partial charge in [-0.05, 0) is 41.5 Å². The second kappa shape index (κ2) is 9.46. The van der Waals surface area contributed by atoms with Gasteiger partial charge in [0, 0.05) is 25.2 Å². The van der Waals surface area contributed by atoms with Crippen LogP contribution in [0.25, 0.3) is 0 Å². The molecular weight excluding hydrogens is 313 g/mol. The minimum absolute atomic E-state index is 0. The molecule has 0 spiro atoms. The van der Waals surface area contributed by atoms with Crippen LogP contribution in [-0.2, 0) is 5.54 Å². The molecule has 0 saturated heterocycles. The summed E-state index contributed by atoms with van der Waals surface area (Å²) in [4.78, 5) is 2.40. The van der Waals surface area contributed by atoms with Gasteiger partial charge in [-0.15, -0.1) is 29.9 Å². The minimum Gasteiger partial charge on any atom is -0.406 e. The van der Waals surface area contributed by atoms with Gasteiger partial charge in [0.25, 0.3) is 0 Å².